The van der Waals surface area contributed by atoms with Crippen molar-refractivity contribution in [3.05, 3.63) is 20.8 Å². The van der Waals surface area contributed by atoms with E-state index in [1.807, 2.05) is 12.1 Å². The summed E-state index contributed by atoms with van der Waals surface area (Å²) in [6.07, 6.45) is 4.90. The van der Waals surface area contributed by atoms with Crippen LogP contribution in [0.2, 0.25) is 0 Å². The normalized spacial score (nSPS) is 25.4. The topological polar surface area (TPSA) is 29.1 Å². The summed E-state index contributed by atoms with van der Waals surface area (Å²) in [5.41, 5.74) is 0. The highest BCUT2D eigenvalue weighted by molar-refractivity contribution is 9.11. The van der Waals surface area contributed by atoms with Crippen molar-refractivity contribution in [1.82, 2.24) is 5.32 Å². The molecule has 1 fully saturated rings. The predicted octanol–water partition coefficient (Wildman–Crippen LogP) is 3.82. The van der Waals surface area contributed by atoms with Crippen LogP contribution in [0.25, 0.3) is 0 Å². The summed E-state index contributed by atoms with van der Waals surface area (Å²) in [7, 11) is 0. The summed E-state index contributed by atoms with van der Waals surface area (Å²) in [6, 6.07) is 4.16. The van der Waals surface area contributed by atoms with Crippen molar-refractivity contribution in [2.75, 3.05) is 0 Å². The number of hydrogen-bond acceptors (Lipinski definition) is 2. The van der Waals surface area contributed by atoms with Gasteiger partial charge in [0.25, 0.3) is 5.91 Å². The number of rotatable bonds is 2. The number of carbonyl (C=O) groups is 1. The van der Waals surface area contributed by atoms with Gasteiger partial charge in [0, 0.05) is 6.04 Å². The van der Waals surface area contributed by atoms with Crippen molar-refractivity contribution in [1.29, 1.82) is 0 Å². The summed E-state index contributed by atoms with van der Waals surface area (Å²) in [5, 5.41) is 3.15. The lowest BCUT2D eigenvalue weighted by atomic mass is 9.86. The Morgan fingerprint density at radius 1 is 1.44 bits per heavy atom. The molecule has 0 bridgehead atoms. The van der Waals surface area contributed by atoms with Crippen LogP contribution in [-0.2, 0) is 0 Å². The van der Waals surface area contributed by atoms with Crippen LogP contribution >= 0.6 is 27.3 Å². The molecule has 0 aromatic carbocycles. The monoisotopic (exact) mass is 301 g/mol. The number of nitrogens with one attached hydrogen (secondary N) is 1. The minimum absolute atomic E-state index is 0.0782. The lowest BCUT2D eigenvalue weighted by molar-refractivity contribution is 0.0914. The van der Waals surface area contributed by atoms with Gasteiger partial charge in [-0.15, -0.1) is 11.3 Å². The van der Waals surface area contributed by atoms with Gasteiger partial charge in [-0.05, 0) is 46.8 Å². The SMILES string of the molecule is C[C@H]1CCCC[C@H]1NC(=O)c1ccc(Br)s1. The van der Waals surface area contributed by atoms with Gasteiger partial charge >= 0.3 is 0 Å². The van der Waals surface area contributed by atoms with Gasteiger partial charge in [-0.1, -0.05) is 19.8 Å². The van der Waals surface area contributed by atoms with Crippen LogP contribution in [0.1, 0.15) is 42.3 Å². The quantitative estimate of drug-likeness (QED) is 0.884. The molecule has 0 aliphatic heterocycles. The number of carbonyl (C=O) groups excluding carboxylic acids is 1. The fourth-order valence-electron chi connectivity index (χ4n) is 2.21. The Hall–Kier alpha value is -0.350. The number of thiophene rings is 1. The van der Waals surface area contributed by atoms with E-state index in [2.05, 4.69) is 28.2 Å². The molecule has 0 saturated heterocycles. The highest BCUT2D eigenvalue weighted by atomic mass is 79.9. The molecule has 16 heavy (non-hydrogen) atoms. The van der Waals surface area contributed by atoms with Crippen LogP contribution in [0, 0.1) is 5.92 Å². The molecule has 2 nitrogen and oxygen atoms in total. The third kappa shape index (κ3) is 2.86. The molecule has 1 aliphatic carbocycles. The molecule has 4 heteroatoms. The summed E-state index contributed by atoms with van der Waals surface area (Å²) >= 11 is 4.87. The van der Waals surface area contributed by atoms with Crippen LogP contribution in [0.5, 0.6) is 0 Å². The third-order valence-electron chi connectivity index (χ3n) is 3.22. The van der Waals surface area contributed by atoms with Gasteiger partial charge in [-0.2, -0.15) is 0 Å². The van der Waals surface area contributed by atoms with Crippen LogP contribution in [0.4, 0.5) is 0 Å². The molecule has 2 rings (SSSR count). The van der Waals surface area contributed by atoms with Gasteiger partial charge in [0.2, 0.25) is 0 Å². The minimum atomic E-state index is 0.0782. The molecule has 1 aliphatic rings. The molecule has 1 aromatic heterocycles. The maximum absolute atomic E-state index is 12.0. The van der Waals surface area contributed by atoms with E-state index in [0.29, 0.717) is 12.0 Å². The average molecular weight is 302 g/mol. The second-order valence-electron chi connectivity index (χ2n) is 4.45. The van der Waals surface area contributed by atoms with E-state index < -0.39 is 0 Å². The molecule has 0 unspecified atom stereocenters. The largest absolute Gasteiger partial charge is 0.348 e. The summed E-state index contributed by atoms with van der Waals surface area (Å²) in [6.45, 7) is 2.23. The molecule has 2 atom stereocenters. The van der Waals surface area contributed by atoms with Crippen molar-refractivity contribution in [3.8, 4) is 0 Å². The van der Waals surface area contributed by atoms with Crippen LogP contribution < -0.4 is 5.32 Å². The van der Waals surface area contributed by atoms with Gasteiger partial charge in [-0.25, -0.2) is 0 Å². The van der Waals surface area contributed by atoms with Gasteiger partial charge in [-0.3, -0.25) is 4.79 Å². The molecule has 1 heterocycles. The van der Waals surface area contributed by atoms with Crippen molar-refractivity contribution in [2.24, 2.45) is 5.92 Å². The molecular weight excluding hydrogens is 286 g/mol. The first-order valence-electron chi connectivity index (χ1n) is 5.73. The first-order chi connectivity index (χ1) is 7.66. The van der Waals surface area contributed by atoms with E-state index >= 15 is 0 Å². The zero-order valence-electron chi connectivity index (χ0n) is 9.33. The van der Waals surface area contributed by atoms with E-state index in [4.69, 9.17) is 0 Å². The predicted molar refractivity (Wildman–Crippen MR) is 70.9 cm³/mol. The lowest BCUT2D eigenvalue weighted by Crippen LogP contribution is -2.40. The third-order valence-corrected chi connectivity index (χ3v) is 4.85. The van der Waals surface area contributed by atoms with E-state index in [1.54, 1.807) is 0 Å². The van der Waals surface area contributed by atoms with E-state index in [-0.39, 0.29) is 5.91 Å². The first kappa shape index (κ1) is 12.1. The lowest BCUT2D eigenvalue weighted by Gasteiger charge is -2.29. The van der Waals surface area contributed by atoms with Crippen molar-refractivity contribution in [3.63, 3.8) is 0 Å². The fraction of sp³-hybridized carbons (Fsp3) is 0.583. The minimum Gasteiger partial charge on any atom is -0.348 e. The van der Waals surface area contributed by atoms with Crippen molar-refractivity contribution in [2.45, 2.75) is 38.6 Å². The zero-order valence-corrected chi connectivity index (χ0v) is 11.7. The zero-order chi connectivity index (χ0) is 11.5. The fourth-order valence-corrected chi connectivity index (χ4v) is 3.50. The van der Waals surface area contributed by atoms with Gasteiger partial charge in [0.1, 0.15) is 0 Å². The van der Waals surface area contributed by atoms with Gasteiger partial charge < -0.3 is 5.32 Å². The van der Waals surface area contributed by atoms with E-state index in [9.17, 15) is 4.79 Å². The summed E-state index contributed by atoms with van der Waals surface area (Å²) in [5.74, 6) is 0.690. The van der Waals surface area contributed by atoms with E-state index in [1.165, 1.54) is 30.6 Å². The van der Waals surface area contributed by atoms with Gasteiger partial charge in [0.15, 0.2) is 0 Å². The summed E-state index contributed by atoms with van der Waals surface area (Å²) < 4.78 is 1.01. The smallest absolute Gasteiger partial charge is 0.261 e. The van der Waals surface area contributed by atoms with Crippen LogP contribution in [0.15, 0.2) is 15.9 Å². The Morgan fingerprint density at radius 2 is 2.19 bits per heavy atom. The summed E-state index contributed by atoms with van der Waals surface area (Å²) in [4.78, 5) is 12.7. The number of halogens is 1. The Bertz CT molecular complexity index is 377. The molecule has 1 saturated carbocycles. The molecule has 0 radical (unpaired) electrons. The highest BCUT2D eigenvalue weighted by Gasteiger charge is 2.23. The highest BCUT2D eigenvalue weighted by Crippen LogP contribution is 2.25. The van der Waals surface area contributed by atoms with Crippen LogP contribution in [-0.4, -0.2) is 11.9 Å². The van der Waals surface area contributed by atoms with Crippen molar-refractivity contribution >= 4 is 33.2 Å². The maximum Gasteiger partial charge on any atom is 0.261 e. The van der Waals surface area contributed by atoms with E-state index in [0.717, 1.165) is 15.1 Å². The second kappa shape index (κ2) is 5.32. The molecule has 88 valence electrons. The maximum atomic E-state index is 12.0. The molecule has 1 amide bonds. The Balaban J connectivity index is 1.96. The van der Waals surface area contributed by atoms with Gasteiger partial charge in [0.05, 0.1) is 8.66 Å². The second-order valence-corrected chi connectivity index (χ2v) is 6.91. The molecular formula is C12H16BrNOS. The standard InChI is InChI=1S/C12H16BrNOS/c1-8-4-2-3-5-9(8)14-12(15)10-6-7-11(13)16-10/h6-9H,2-5H2,1H3,(H,14,15)/t8-,9+/m0/s1. The Kier molecular flexibility index (Phi) is 4.03. The first-order valence-corrected chi connectivity index (χ1v) is 7.34. The number of amides is 1. The Morgan fingerprint density at radius 3 is 2.81 bits per heavy atom. The Labute approximate surface area is 109 Å². The van der Waals surface area contributed by atoms with Crippen LogP contribution in [0.3, 0.4) is 0 Å². The molecule has 0 spiro atoms. The molecule has 1 aromatic rings. The molecule has 1 N–H and O–H groups in total. The van der Waals surface area contributed by atoms with Crippen molar-refractivity contribution < 1.29 is 4.79 Å². The average Bonchev–Trinajstić information content (AvgIpc) is 2.68. The number of hydrogen-bond donors (Lipinski definition) is 1.